The number of fused-ring (bicyclic) bond motifs is 5. The summed E-state index contributed by atoms with van der Waals surface area (Å²) in [4.78, 5) is 42.4. The molecule has 2 aromatic rings. The molecule has 164 valence electrons. The zero-order valence-electron chi connectivity index (χ0n) is 18.0. The zero-order valence-corrected chi connectivity index (χ0v) is 18.0. The Labute approximate surface area is 187 Å². The van der Waals surface area contributed by atoms with E-state index in [9.17, 15) is 14.4 Å². The molecular formula is C26H27N3O3. The number of carbonyl (C=O) groups excluding carboxylic acids is 3. The first-order valence-electron chi connectivity index (χ1n) is 11.4. The molecule has 2 aliphatic heterocycles. The molecule has 0 spiro atoms. The molecule has 32 heavy (non-hydrogen) atoms. The Morgan fingerprint density at radius 1 is 0.969 bits per heavy atom. The Kier molecular flexibility index (Phi) is 5.52. The van der Waals surface area contributed by atoms with Crippen molar-refractivity contribution in [3.63, 3.8) is 0 Å². The highest BCUT2D eigenvalue weighted by Crippen LogP contribution is 2.45. The van der Waals surface area contributed by atoms with Gasteiger partial charge in [0.1, 0.15) is 6.17 Å². The number of amides is 3. The molecule has 0 aromatic heterocycles. The second kappa shape index (κ2) is 8.61. The summed E-state index contributed by atoms with van der Waals surface area (Å²) in [5.41, 5.74) is 3.97. The lowest BCUT2D eigenvalue weighted by Gasteiger charge is -2.40. The lowest BCUT2D eigenvalue weighted by molar-refractivity contribution is -0.121. The summed E-state index contributed by atoms with van der Waals surface area (Å²) in [6.45, 7) is 0.878. The average molecular weight is 430 g/mol. The van der Waals surface area contributed by atoms with E-state index in [0.717, 1.165) is 24.8 Å². The molecule has 1 atom stereocenters. The third-order valence-electron chi connectivity index (χ3n) is 6.62. The van der Waals surface area contributed by atoms with E-state index in [4.69, 9.17) is 0 Å². The van der Waals surface area contributed by atoms with Crippen molar-refractivity contribution in [3.05, 3.63) is 76.9 Å². The fourth-order valence-corrected chi connectivity index (χ4v) is 5.00. The van der Waals surface area contributed by atoms with E-state index in [2.05, 4.69) is 11.4 Å². The monoisotopic (exact) mass is 429 g/mol. The van der Waals surface area contributed by atoms with Gasteiger partial charge in [-0.15, -0.1) is 0 Å². The number of allylic oxidation sites excluding steroid dienone is 1. The second-order valence-electron chi connectivity index (χ2n) is 8.61. The van der Waals surface area contributed by atoms with Crippen LogP contribution in [0.15, 0.2) is 60.2 Å². The lowest BCUT2D eigenvalue weighted by atomic mass is 9.97. The summed E-state index contributed by atoms with van der Waals surface area (Å²) in [7, 11) is 0. The summed E-state index contributed by atoms with van der Waals surface area (Å²) in [6, 6.07) is 14.6. The van der Waals surface area contributed by atoms with Crippen LogP contribution < -0.4 is 10.2 Å². The van der Waals surface area contributed by atoms with Crippen LogP contribution >= 0.6 is 0 Å². The maximum absolute atomic E-state index is 13.4. The summed E-state index contributed by atoms with van der Waals surface area (Å²) < 4.78 is 0. The Bertz CT molecular complexity index is 1110. The van der Waals surface area contributed by atoms with Gasteiger partial charge in [0.25, 0.3) is 11.8 Å². The lowest BCUT2D eigenvalue weighted by Crippen LogP contribution is -2.49. The Morgan fingerprint density at radius 3 is 2.56 bits per heavy atom. The van der Waals surface area contributed by atoms with Gasteiger partial charge in [-0.25, -0.2) is 0 Å². The van der Waals surface area contributed by atoms with Crippen LogP contribution in [0.3, 0.4) is 0 Å². The molecule has 3 aliphatic rings. The standard InChI is InChI=1S/C26H27N3O3/c30-23(27-16-14-18-8-2-1-3-9-18)15-17-28-24-19-10-4-5-11-20(19)26(32)29(24)22-13-7-6-12-21(22)25(28)31/h4-8,10-13,24H,1-3,9,14-17H2,(H,27,30)/t24-/m0/s1. The van der Waals surface area contributed by atoms with Gasteiger partial charge in [-0.1, -0.05) is 42.0 Å². The molecule has 2 heterocycles. The number of carbonyl (C=O) groups is 3. The predicted molar refractivity (Wildman–Crippen MR) is 122 cm³/mol. The number of para-hydroxylation sites is 1. The van der Waals surface area contributed by atoms with E-state index in [1.165, 1.54) is 18.4 Å². The highest BCUT2D eigenvalue weighted by molar-refractivity contribution is 6.16. The summed E-state index contributed by atoms with van der Waals surface area (Å²) in [5.74, 6) is -0.329. The molecule has 3 amide bonds. The second-order valence-corrected chi connectivity index (χ2v) is 8.61. The van der Waals surface area contributed by atoms with Gasteiger partial charge in [-0.05, 0) is 50.3 Å². The van der Waals surface area contributed by atoms with Crippen molar-refractivity contribution in [1.82, 2.24) is 10.2 Å². The van der Waals surface area contributed by atoms with Gasteiger partial charge in [0, 0.05) is 30.6 Å². The first-order valence-corrected chi connectivity index (χ1v) is 11.4. The molecule has 6 heteroatoms. The van der Waals surface area contributed by atoms with E-state index >= 15 is 0 Å². The molecule has 0 fully saturated rings. The van der Waals surface area contributed by atoms with E-state index in [0.29, 0.717) is 23.4 Å². The number of hydrogen-bond acceptors (Lipinski definition) is 3. The molecule has 6 nitrogen and oxygen atoms in total. The molecular weight excluding hydrogens is 402 g/mol. The van der Waals surface area contributed by atoms with Crippen molar-refractivity contribution >= 4 is 23.4 Å². The van der Waals surface area contributed by atoms with Crippen molar-refractivity contribution in [3.8, 4) is 0 Å². The van der Waals surface area contributed by atoms with E-state index in [1.807, 2.05) is 30.3 Å². The van der Waals surface area contributed by atoms with Crippen LogP contribution in [0.1, 0.15) is 71.0 Å². The predicted octanol–water partition coefficient (Wildman–Crippen LogP) is 4.20. The van der Waals surface area contributed by atoms with Crippen LogP contribution in [0.5, 0.6) is 0 Å². The van der Waals surface area contributed by atoms with Crippen LogP contribution in [-0.4, -0.2) is 35.7 Å². The van der Waals surface area contributed by atoms with Gasteiger partial charge in [-0.3, -0.25) is 19.3 Å². The Hall–Kier alpha value is -3.41. The number of nitrogens with one attached hydrogen (secondary N) is 1. The maximum atomic E-state index is 13.4. The number of hydrogen-bond donors (Lipinski definition) is 1. The van der Waals surface area contributed by atoms with Gasteiger partial charge < -0.3 is 10.2 Å². The topological polar surface area (TPSA) is 69.7 Å². The maximum Gasteiger partial charge on any atom is 0.260 e. The number of benzene rings is 2. The molecule has 2 aromatic carbocycles. The van der Waals surface area contributed by atoms with Crippen molar-refractivity contribution in [2.24, 2.45) is 0 Å². The zero-order chi connectivity index (χ0) is 22.1. The average Bonchev–Trinajstić information content (AvgIpc) is 3.12. The van der Waals surface area contributed by atoms with Crippen LogP contribution in [0.25, 0.3) is 0 Å². The van der Waals surface area contributed by atoms with E-state index in [1.54, 1.807) is 28.0 Å². The van der Waals surface area contributed by atoms with Crippen LogP contribution in [0.2, 0.25) is 0 Å². The normalized spacial score (nSPS) is 19.2. The molecule has 5 rings (SSSR count). The van der Waals surface area contributed by atoms with Crippen LogP contribution in [0.4, 0.5) is 5.69 Å². The molecule has 0 saturated heterocycles. The van der Waals surface area contributed by atoms with Crippen molar-refractivity contribution < 1.29 is 14.4 Å². The molecule has 0 unspecified atom stereocenters. The SMILES string of the molecule is O=C(CCN1C(=O)c2ccccc2N2C(=O)c3ccccc3[C@@H]12)NCCC1=CCCCC1. The number of anilines is 1. The minimum atomic E-state index is -0.513. The first kappa shape index (κ1) is 20.5. The third-order valence-corrected chi connectivity index (χ3v) is 6.62. The smallest absolute Gasteiger partial charge is 0.260 e. The first-order chi connectivity index (χ1) is 15.6. The third kappa shape index (κ3) is 3.60. The summed E-state index contributed by atoms with van der Waals surface area (Å²) >= 11 is 0. The molecule has 0 saturated carbocycles. The molecule has 0 radical (unpaired) electrons. The van der Waals surface area contributed by atoms with Crippen molar-refractivity contribution in [2.45, 2.75) is 44.7 Å². The van der Waals surface area contributed by atoms with Gasteiger partial charge in [0.2, 0.25) is 5.91 Å². The van der Waals surface area contributed by atoms with Crippen molar-refractivity contribution in [1.29, 1.82) is 0 Å². The molecule has 1 N–H and O–H groups in total. The van der Waals surface area contributed by atoms with Crippen LogP contribution in [-0.2, 0) is 4.79 Å². The van der Waals surface area contributed by atoms with Gasteiger partial charge >= 0.3 is 0 Å². The molecule has 1 aliphatic carbocycles. The number of nitrogens with zero attached hydrogens (tertiary/aromatic N) is 2. The van der Waals surface area contributed by atoms with Crippen LogP contribution in [0, 0.1) is 0 Å². The Balaban J connectivity index is 1.32. The van der Waals surface area contributed by atoms with E-state index < -0.39 is 6.17 Å². The van der Waals surface area contributed by atoms with Gasteiger partial charge in [0.15, 0.2) is 0 Å². The van der Waals surface area contributed by atoms with Gasteiger partial charge in [0.05, 0.1) is 11.3 Å². The van der Waals surface area contributed by atoms with Crippen molar-refractivity contribution in [2.75, 3.05) is 18.0 Å². The fraction of sp³-hybridized carbons (Fsp3) is 0.346. The molecule has 0 bridgehead atoms. The highest BCUT2D eigenvalue weighted by atomic mass is 16.2. The summed E-state index contributed by atoms with van der Waals surface area (Å²) in [5, 5.41) is 2.99. The highest BCUT2D eigenvalue weighted by Gasteiger charge is 2.47. The van der Waals surface area contributed by atoms with Gasteiger partial charge in [-0.2, -0.15) is 0 Å². The quantitative estimate of drug-likeness (QED) is 0.700. The fourth-order valence-electron chi connectivity index (χ4n) is 5.00. The number of rotatable bonds is 6. The van der Waals surface area contributed by atoms with E-state index in [-0.39, 0.29) is 30.7 Å². The summed E-state index contributed by atoms with van der Waals surface area (Å²) in [6.07, 6.45) is 7.63. The minimum Gasteiger partial charge on any atom is -0.356 e. The Morgan fingerprint density at radius 2 is 1.75 bits per heavy atom. The largest absolute Gasteiger partial charge is 0.356 e. The minimum absolute atomic E-state index is 0.0720.